The summed E-state index contributed by atoms with van der Waals surface area (Å²) in [6, 6.07) is 2.44. The molecular weight excluding hydrogens is 298 g/mol. The molecule has 2 aromatic heterocycles. The molecule has 0 aliphatic rings. The third-order valence-corrected chi connectivity index (χ3v) is 5.03. The van der Waals surface area contributed by atoms with E-state index >= 15 is 0 Å². The summed E-state index contributed by atoms with van der Waals surface area (Å²) in [5, 5.41) is 9.87. The van der Waals surface area contributed by atoms with Gasteiger partial charge in [0.1, 0.15) is 0 Å². The zero-order chi connectivity index (χ0) is 12.4. The van der Waals surface area contributed by atoms with E-state index in [0.717, 1.165) is 6.54 Å². The van der Waals surface area contributed by atoms with Crippen LogP contribution in [0.15, 0.2) is 22.1 Å². The Morgan fingerprint density at radius 1 is 1.59 bits per heavy atom. The van der Waals surface area contributed by atoms with Gasteiger partial charge in [0.15, 0.2) is 0 Å². The summed E-state index contributed by atoms with van der Waals surface area (Å²) in [6.45, 7) is 5.13. The van der Waals surface area contributed by atoms with Gasteiger partial charge in [0, 0.05) is 40.2 Å². The molecule has 1 unspecified atom stereocenters. The van der Waals surface area contributed by atoms with Crippen LogP contribution in [-0.2, 0) is 13.6 Å². The summed E-state index contributed by atoms with van der Waals surface area (Å²) >= 11 is 5.34. The lowest BCUT2D eigenvalue weighted by atomic mass is 10.2. The van der Waals surface area contributed by atoms with Crippen molar-refractivity contribution in [1.29, 1.82) is 0 Å². The van der Waals surface area contributed by atoms with Crippen molar-refractivity contribution >= 4 is 27.3 Å². The first-order valence-electron chi connectivity index (χ1n) is 5.53. The van der Waals surface area contributed by atoms with Gasteiger partial charge in [0.05, 0.1) is 6.20 Å². The van der Waals surface area contributed by atoms with Gasteiger partial charge in [-0.1, -0.05) is 0 Å². The average molecular weight is 314 g/mol. The number of hydrogen-bond donors (Lipinski definition) is 1. The Morgan fingerprint density at radius 3 is 2.88 bits per heavy atom. The largest absolute Gasteiger partial charge is 0.305 e. The van der Waals surface area contributed by atoms with Gasteiger partial charge in [-0.05, 0) is 41.2 Å². The van der Waals surface area contributed by atoms with Crippen LogP contribution in [-0.4, -0.2) is 9.78 Å². The van der Waals surface area contributed by atoms with Crippen LogP contribution < -0.4 is 5.32 Å². The van der Waals surface area contributed by atoms with Crippen LogP contribution in [0.4, 0.5) is 0 Å². The van der Waals surface area contributed by atoms with Crippen LogP contribution in [0.1, 0.15) is 29.1 Å². The van der Waals surface area contributed by atoms with Crippen molar-refractivity contribution < 1.29 is 0 Å². The van der Waals surface area contributed by atoms with Gasteiger partial charge in [-0.3, -0.25) is 4.68 Å². The highest BCUT2D eigenvalue weighted by molar-refractivity contribution is 9.10. The first-order chi connectivity index (χ1) is 8.09. The summed E-state index contributed by atoms with van der Waals surface area (Å²) in [4.78, 5) is 1.34. The van der Waals surface area contributed by atoms with Crippen molar-refractivity contribution in [2.45, 2.75) is 26.4 Å². The summed E-state index contributed by atoms with van der Waals surface area (Å²) in [5.41, 5.74) is 2.47. The van der Waals surface area contributed by atoms with Gasteiger partial charge in [0.25, 0.3) is 0 Å². The molecule has 0 radical (unpaired) electrons. The molecule has 0 amide bonds. The maximum absolute atomic E-state index is 4.24. The summed E-state index contributed by atoms with van der Waals surface area (Å²) < 4.78 is 3.09. The summed E-state index contributed by atoms with van der Waals surface area (Å²) in [7, 11) is 1.97. The minimum Gasteiger partial charge on any atom is -0.305 e. The normalized spacial score (nSPS) is 12.9. The second-order valence-corrected chi connectivity index (χ2v) is 5.92. The molecule has 17 heavy (non-hydrogen) atoms. The van der Waals surface area contributed by atoms with Crippen LogP contribution in [0.5, 0.6) is 0 Å². The molecule has 5 heteroatoms. The van der Waals surface area contributed by atoms with Gasteiger partial charge >= 0.3 is 0 Å². The molecule has 1 atom stereocenters. The minimum absolute atomic E-state index is 0.351. The van der Waals surface area contributed by atoms with E-state index in [4.69, 9.17) is 0 Å². The maximum Gasteiger partial charge on any atom is 0.0537 e. The number of nitrogens with zero attached hydrogens (tertiary/aromatic N) is 2. The molecule has 0 saturated heterocycles. The highest BCUT2D eigenvalue weighted by Gasteiger charge is 2.11. The van der Waals surface area contributed by atoms with E-state index in [1.807, 2.05) is 17.9 Å². The zero-order valence-corrected chi connectivity index (χ0v) is 12.6. The number of thiophene rings is 1. The van der Waals surface area contributed by atoms with Gasteiger partial charge in [-0.25, -0.2) is 0 Å². The van der Waals surface area contributed by atoms with E-state index in [1.54, 1.807) is 11.3 Å². The zero-order valence-electron chi connectivity index (χ0n) is 10.2. The number of hydrogen-bond acceptors (Lipinski definition) is 3. The topological polar surface area (TPSA) is 29.9 Å². The third kappa shape index (κ3) is 2.78. The lowest BCUT2D eigenvalue weighted by molar-refractivity contribution is 0.579. The second-order valence-electron chi connectivity index (χ2n) is 4.11. The number of halogens is 1. The second kappa shape index (κ2) is 5.33. The molecule has 1 N–H and O–H groups in total. The number of aromatic nitrogens is 2. The van der Waals surface area contributed by atoms with E-state index in [9.17, 15) is 0 Å². The number of nitrogens with one attached hydrogen (secondary N) is 1. The fourth-order valence-corrected chi connectivity index (χ4v) is 3.44. The molecule has 0 aliphatic carbocycles. The van der Waals surface area contributed by atoms with Crippen LogP contribution in [0.2, 0.25) is 0 Å². The lowest BCUT2D eigenvalue weighted by Crippen LogP contribution is -2.17. The predicted molar refractivity (Wildman–Crippen MR) is 75.2 cm³/mol. The van der Waals surface area contributed by atoms with Crippen molar-refractivity contribution in [3.8, 4) is 0 Å². The minimum atomic E-state index is 0.351. The molecule has 0 bridgehead atoms. The molecule has 2 aromatic rings. The fourth-order valence-electron chi connectivity index (χ4n) is 1.69. The molecule has 0 aliphatic heterocycles. The highest BCUT2D eigenvalue weighted by Crippen LogP contribution is 2.28. The van der Waals surface area contributed by atoms with Crippen molar-refractivity contribution in [3.05, 3.63) is 38.3 Å². The lowest BCUT2D eigenvalue weighted by Gasteiger charge is -2.12. The Balaban J connectivity index is 1.99. The quantitative estimate of drug-likeness (QED) is 0.937. The van der Waals surface area contributed by atoms with E-state index in [-0.39, 0.29) is 0 Å². The van der Waals surface area contributed by atoms with Crippen molar-refractivity contribution in [1.82, 2.24) is 15.1 Å². The van der Waals surface area contributed by atoms with Gasteiger partial charge in [0.2, 0.25) is 0 Å². The molecule has 0 spiro atoms. The smallest absolute Gasteiger partial charge is 0.0537 e. The predicted octanol–water partition coefficient (Wildman–Crippen LogP) is 3.40. The Morgan fingerprint density at radius 2 is 2.35 bits per heavy atom. The van der Waals surface area contributed by atoms with E-state index in [1.165, 1.54) is 20.6 Å². The molecule has 2 rings (SSSR count). The fraction of sp³-hybridized carbons (Fsp3) is 0.417. The van der Waals surface area contributed by atoms with Crippen LogP contribution in [0.3, 0.4) is 0 Å². The van der Waals surface area contributed by atoms with E-state index in [2.05, 4.69) is 51.6 Å². The Bertz CT molecular complexity index is 504. The third-order valence-electron chi connectivity index (χ3n) is 2.97. The van der Waals surface area contributed by atoms with Crippen molar-refractivity contribution in [2.24, 2.45) is 7.05 Å². The van der Waals surface area contributed by atoms with Crippen molar-refractivity contribution in [2.75, 3.05) is 0 Å². The van der Waals surface area contributed by atoms with E-state index < -0.39 is 0 Å². The summed E-state index contributed by atoms with van der Waals surface area (Å²) in [5.74, 6) is 0. The van der Waals surface area contributed by atoms with Gasteiger partial charge < -0.3 is 5.32 Å². The number of aryl methyl sites for hydroxylation is 1. The van der Waals surface area contributed by atoms with Gasteiger partial charge in [-0.15, -0.1) is 11.3 Å². The first kappa shape index (κ1) is 12.8. The molecule has 0 saturated carbocycles. The Kier molecular flexibility index (Phi) is 4.01. The Hall–Kier alpha value is -0.650. The molecular formula is C12H16BrN3S. The standard InChI is InChI=1S/C12H16BrN3S/c1-8(12-11(13)4-5-17-12)14-6-10-7-15-16(3)9(10)2/h4-5,7-8,14H,6H2,1-3H3. The van der Waals surface area contributed by atoms with Crippen molar-refractivity contribution in [3.63, 3.8) is 0 Å². The Labute approximate surface area is 114 Å². The maximum atomic E-state index is 4.24. The first-order valence-corrected chi connectivity index (χ1v) is 7.20. The average Bonchev–Trinajstić information content (AvgIpc) is 2.85. The molecule has 92 valence electrons. The van der Waals surface area contributed by atoms with Crippen LogP contribution >= 0.6 is 27.3 Å². The molecule has 0 aromatic carbocycles. The molecule has 0 fully saturated rings. The van der Waals surface area contributed by atoms with Crippen LogP contribution in [0, 0.1) is 6.92 Å². The monoisotopic (exact) mass is 313 g/mol. The SMILES string of the molecule is Cc1c(CNC(C)c2sccc2Br)cnn1C. The molecule has 2 heterocycles. The van der Waals surface area contributed by atoms with Crippen LogP contribution in [0.25, 0.3) is 0 Å². The summed E-state index contributed by atoms with van der Waals surface area (Å²) in [6.07, 6.45) is 1.93. The molecule has 3 nitrogen and oxygen atoms in total. The van der Waals surface area contributed by atoms with Gasteiger partial charge in [-0.2, -0.15) is 5.10 Å². The van der Waals surface area contributed by atoms with E-state index in [0.29, 0.717) is 6.04 Å². The highest BCUT2D eigenvalue weighted by atomic mass is 79.9. The number of rotatable bonds is 4.